The van der Waals surface area contributed by atoms with E-state index in [2.05, 4.69) is 28.7 Å². The molecule has 1 aromatic heterocycles. The molecule has 1 atom stereocenters. The van der Waals surface area contributed by atoms with Crippen LogP contribution in [0.5, 0.6) is 5.88 Å². The number of likely N-dealkylation sites (tertiary alicyclic amines) is 1. The molecule has 1 fully saturated rings. The van der Waals surface area contributed by atoms with Crippen molar-refractivity contribution < 1.29 is 4.74 Å². The van der Waals surface area contributed by atoms with E-state index in [0.717, 1.165) is 31.2 Å². The Morgan fingerprint density at radius 3 is 2.80 bits per heavy atom. The van der Waals surface area contributed by atoms with E-state index in [1.54, 1.807) is 12.4 Å². The molecular weight excluding hydrogens is 252 g/mol. The average Bonchev–Trinajstić information content (AvgIpc) is 2.84. The second-order valence-electron chi connectivity index (χ2n) is 6.09. The van der Waals surface area contributed by atoms with Gasteiger partial charge in [-0.1, -0.05) is 13.8 Å². The quantitative estimate of drug-likeness (QED) is 0.796. The molecular formula is C15H26N4O. The maximum atomic E-state index is 6.05. The summed E-state index contributed by atoms with van der Waals surface area (Å²) in [6.07, 6.45) is 5.94. The molecule has 0 bridgehead atoms. The maximum Gasteiger partial charge on any atom is 0.257 e. The summed E-state index contributed by atoms with van der Waals surface area (Å²) in [5.74, 6) is 2.21. The summed E-state index contributed by atoms with van der Waals surface area (Å²) in [6, 6.07) is 0. The van der Waals surface area contributed by atoms with Gasteiger partial charge < -0.3 is 9.64 Å². The van der Waals surface area contributed by atoms with Crippen molar-refractivity contribution >= 4 is 5.82 Å². The van der Waals surface area contributed by atoms with Gasteiger partial charge in [-0.2, -0.15) is 0 Å². The van der Waals surface area contributed by atoms with E-state index in [1.165, 1.54) is 13.0 Å². The minimum absolute atomic E-state index is 0.234. The molecule has 1 aromatic rings. The lowest BCUT2D eigenvalue weighted by Crippen LogP contribution is -2.27. The van der Waals surface area contributed by atoms with Crippen molar-refractivity contribution in [3.63, 3.8) is 0 Å². The Hall–Kier alpha value is -1.36. The highest BCUT2D eigenvalue weighted by Crippen LogP contribution is 2.24. The van der Waals surface area contributed by atoms with Crippen LogP contribution in [-0.4, -0.2) is 54.7 Å². The largest absolute Gasteiger partial charge is 0.470 e. The molecule has 0 aromatic carbocycles. The number of ether oxygens (including phenoxy) is 1. The summed E-state index contributed by atoms with van der Waals surface area (Å²) >= 11 is 0. The van der Waals surface area contributed by atoms with Gasteiger partial charge in [0, 0.05) is 39.6 Å². The van der Waals surface area contributed by atoms with Crippen LogP contribution in [0.15, 0.2) is 12.4 Å². The summed E-state index contributed by atoms with van der Waals surface area (Å²) in [4.78, 5) is 13.1. The van der Waals surface area contributed by atoms with E-state index in [9.17, 15) is 0 Å². The number of aromatic nitrogens is 2. The van der Waals surface area contributed by atoms with Gasteiger partial charge in [-0.15, -0.1) is 0 Å². The summed E-state index contributed by atoms with van der Waals surface area (Å²) in [5.41, 5.74) is 0. The second kappa shape index (κ2) is 6.88. The van der Waals surface area contributed by atoms with Crippen LogP contribution in [0.25, 0.3) is 0 Å². The van der Waals surface area contributed by atoms with E-state index >= 15 is 0 Å². The number of anilines is 1. The lowest BCUT2D eigenvalue weighted by molar-refractivity contribution is 0.191. The van der Waals surface area contributed by atoms with Crippen LogP contribution in [0, 0.1) is 5.92 Å². The molecule has 1 saturated heterocycles. The third-order valence-corrected chi connectivity index (χ3v) is 3.60. The number of hydrogen-bond acceptors (Lipinski definition) is 5. The van der Waals surface area contributed by atoms with Crippen LogP contribution in [0.1, 0.15) is 26.7 Å². The Morgan fingerprint density at radius 1 is 1.35 bits per heavy atom. The molecule has 0 N–H and O–H groups in total. The van der Waals surface area contributed by atoms with E-state index in [-0.39, 0.29) is 6.10 Å². The van der Waals surface area contributed by atoms with Crippen molar-refractivity contribution in [3.8, 4) is 5.88 Å². The third kappa shape index (κ3) is 4.07. The molecule has 1 aliphatic heterocycles. The van der Waals surface area contributed by atoms with Gasteiger partial charge in [0.1, 0.15) is 6.10 Å². The first kappa shape index (κ1) is 15.0. The highest BCUT2D eigenvalue weighted by atomic mass is 16.5. The monoisotopic (exact) mass is 278 g/mol. The molecule has 20 heavy (non-hydrogen) atoms. The van der Waals surface area contributed by atoms with Gasteiger partial charge in [0.25, 0.3) is 5.88 Å². The Labute approximate surface area is 122 Å². The molecule has 1 unspecified atom stereocenters. The molecule has 0 radical (unpaired) electrons. The Balaban J connectivity index is 1.89. The lowest BCUT2D eigenvalue weighted by Gasteiger charge is -2.19. The molecule has 0 amide bonds. The molecule has 5 heteroatoms. The van der Waals surface area contributed by atoms with Gasteiger partial charge in [0.2, 0.25) is 0 Å². The van der Waals surface area contributed by atoms with Gasteiger partial charge in [0.05, 0.1) is 0 Å². The maximum absolute atomic E-state index is 6.05. The van der Waals surface area contributed by atoms with Gasteiger partial charge >= 0.3 is 0 Å². The molecule has 112 valence electrons. The van der Waals surface area contributed by atoms with Crippen LogP contribution in [0.4, 0.5) is 5.82 Å². The topological polar surface area (TPSA) is 41.5 Å². The number of hydrogen-bond donors (Lipinski definition) is 0. The molecule has 1 aliphatic rings. The molecule has 0 spiro atoms. The molecule has 2 heterocycles. The van der Waals surface area contributed by atoms with Crippen molar-refractivity contribution in [1.29, 1.82) is 0 Å². The van der Waals surface area contributed by atoms with Gasteiger partial charge in [-0.05, 0) is 25.3 Å². The van der Waals surface area contributed by atoms with E-state index < -0.39 is 0 Å². The molecule has 0 aliphatic carbocycles. The number of nitrogens with zero attached hydrogens (tertiary/aromatic N) is 4. The third-order valence-electron chi connectivity index (χ3n) is 3.60. The van der Waals surface area contributed by atoms with Crippen LogP contribution in [-0.2, 0) is 0 Å². The zero-order valence-electron chi connectivity index (χ0n) is 13.0. The lowest BCUT2D eigenvalue weighted by atomic mass is 10.1. The summed E-state index contributed by atoms with van der Waals surface area (Å²) < 4.78 is 6.05. The van der Waals surface area contributed by atoms with Crippen molar-refractivity contribution in [2.45, 2.75) is 32.8 Å². The smallest absolute Gasteiger partial charge is 0.257 e. The summed E-state index contributed by atoms with van der Waals surface area (Å²) in [7, 11) is 3.92. The summed E-state index contributed by atoms with van der Waals surface area (Å²) in [6.45, 7) is 7.82. The second-order valence-corrected chi connectivity index (χ2v) is 6.09. The van der Waals surface area contributed by atoms with Crippen molar-refractivity contribution in [2.24, 2.45) is 5.92 Å². The fraction of sp³-hybridized carbons (Fsp3) is 0.733. The van der Waals surface area contributed by atoms with E-state index in [0.29, 0.717) is 5.88 Å². The van der Waals surface area contributed by atoms with Crippen molar-refractivity contribution in [2.75, 3.05) is 38.6 Å². The SMILES string of the molecule is CC(C)CCN1CCC(Oc2nccnc2N(C)C)C1. The Bertz CT molecular complexity index is 422. The average molecular weight is 278 g/mol. The highest BCUT2D eigenvalue weighted by Gasteiger charge is 2.25. The van der Waals surface area contributed by atoms with Crippen LogP contribution >= 0.6 is 0 Å². The van der Waals surface area contributed by atoms with Crippen molar-refractivity contribution in [1.82, 2.24) is 14.9 Å². The zero-order valence-corrected chi connectivity index (χ0v) is 13.0. The molecule has 5 nitrogen and oxygen atoms in total. The zero-order chi connectivity index (χ0) is 14.5. The predicted octanol–water partition coefficient (Wildman–Crippen LogP) is 2.04. The fourth-order valence-corrected chi connectivity index (χ4v) is 2.40. The van der Waals surface area contributed by atoms with Gasteiger partial charge in [-0.3, -0.25) is 4.90 Å². The first-order chi connectivity index (χ1) is 9.56. The van der Waals surface area contributed by atoms with E-state index in [4.69, 9.17) is 4.74 Å². The van der Waals surface area contributed by atoms with Gasteiger partial charge in [0.15, 0.2) is 5.82 Å². The molecule has 2 rings (SSSR count). The summed E-state index contributed by atoms with van der Waals surface area (Å²) in [5, 5.41) is 0. The van der Waals surface area contributed by atoms with Gasteiger partial charge in [-0.25, -0.2) is 9.97 Å². The standard InChI is InChI=1S/C15H26N4O/c1-12(2)5-9-19-10-6-13(11-19)20-15-14(18(3)4)16-7-8-17-15/h7-8,12-13H,5-6,9-11H2,1-4H3. The minimum atomic E-state index is 0.234. The fourth-order valence-electron chi connectivity index (χ4n) is 2.40. The van der Waals surface area contributed by atoms with Crippen molar-refractivity contribution in [3.05, 3.63) is 12.4 Å². The van der Waals surface area contributed by atoms with E-state index in [1.807, 2.05) is 19.0 Å². The first-order valence-corrected chi connectivity index (χ1v) is 7.43. The normalized spacial score (nSPS) is 19.6. The van der Waals surface area contributed by atoms with Crippen LogP contribution in [0.3, 0.4) is 0 Å². The minimum Gasteiger partial charge on any atom is -0.470 e. The highest BCUT2D eigenvalue weighted by molar-refractivity contribution is 5.46. The van der Waals surface area contributed by atoms with Crippen LogP contribution < -0.4 is 9.64 Å². The Kier molecular flexibility index (Phi) is 5.17. The van der Waals surface area contributed by atoms with Crippen LogP contribution in [0.2, 0.25) is 0 Å². The first-order valence-electron chi connectivity index (χ1n) is 7.43. The molecule has 0 saturated carbocycles. The Morgan fingerprint density at radius 2 is 2.10 bits per heavy atom. The number of rotatable bonds is 6. The predicted molar refractivity (Wildman–Crippen MR) is 81.3 cm³/mol.